The van der Waals surface area contributed by atoms with Crippen LogP contribution < -0.4 is 21.3 Å². The Bertz CT molecular complexity index is 571. The zero-order valence-electron chi connectivity index (χ0n) is 12.3. The number of hydrogen-bond acceptors (Lipinski definition) is 8. The fraction of sp³-hybridized carbons (Fsp3) is 0.333. The van der Waals surface area contributed by atoms with Crippen molar-refractivity contribution in [2.45, 2.75) is 0 Å². The Morgan fingerprint density at radius 2 is 1.04 bits per heavy atom. The van der Waals surface area contributed by atoms with Crippen LogP contribution in [0.25, 0.3) is 0 Å². The summed E-state index contributed by atoms with van der Waals surface area (Å²) >= 11 is 0. The van der Waals surface area contributed by atoms with Crippen molar-refractivity contribution in [2.24, 2.45) is 0 Å². The van der Waals surface area contributed by atoms with E-state index in [9.17, 15) is 19.2 Å². The first-order valence-electron chi connectivity index (χ1n) is 6.60. The van der Waals surface area contributed by atoms with Crippen LogP contribution in [0.2, 0.25) is 0 Å². The molecule has 1 rings (SSSR count). The summed E-state index contributed by atoms with van der Waals surface area (Å²) in [4.78, 5) is 46.5. The van der Waals surface area contributed by atoms with E-state index in [4.69, 9.17) is 20.4 Å². The van der Waals surface area contributed by atoms with E-state index in [2.05, 4.69) is 10.6 Å². The van der Waals surface area contributed by atoms with Gasteiger partial charge in [-0.05, 0) is 0 Å². The molecule has 0 bridgehead atoms. The molecule has 2 amide bonds. The lowest BCUT2D eigenvalue weighted by Gasteiger charge is -2.24. The molecule has 0 spiro atoms. The van der Waals surface area contributed by atoms with Gasteiger partial charge in [0.1, 0.15) is 22.8 Å². The molecule has 0 atom stereocenters. The van der Waals surface area contributed by atoms with E-state index in [1.54, 1.807) is 10.6 Å². The Balaban J connectivity index is 3.37. The zero-order chi connectivity index (χ0) is 18.3. The molecular formula is C12H16N4O8. The molecule has 8 N–H and O–H groups in total. The third-order valence-electron chi connectivity index (χ3n) is 2.70. The van der Waals surface area contributed by atoms with Crippen LogP contribution in [0.5, 0.6) is 0 Å². The number of aliphatic hydroxyl groups is 2. The number of carbonyl (C=O) groups excluding carboxylic acids is 2. The SMILES string of the molecule is O=C(O)NC1=C(NCCO)C(=O)C(NC(=O)O)=C(NCCO)C1=O. The van der Waals surface area contributed by atoms with Gasteiger partial charge in [0.2, 0.25) is 11.6 Å². The highest BCUT2D eigenvalue weighted by Crippen LogP contribution is 2.19. The number of nitrogens with one attached hydrogen (secondary N) is 4. The van der Waals surface area contributed by atoms with Crippen LogP contribution in [-0.2, 0) is 9.59 Å². The minimum Gasteiger partial charge on any atom is -0.465 e. The highest BCUT2D eigenvalue weighted by molar-refractivity contribution is 6.25. The second kappa shape index (κ2) is 8.50. The third-order valence-corrected chi connectivity index (χ3v) is 2.70. The normalized spacial score (nSPS) is 14.6. The monoisotopic (exact) mass is 344 g/mol. The first-order valence-corrected chi connectivity index (χ1v) is 6.60. The zero-order valence-corrected chi connectivity index (χ0v) is 12.3. The maximum absolute atomic E-state index is 12.4. The maximum atomic E-state index is 12.4. The van der Waals surface area contributed by atoms with Gasteiger partial charge < -0.3 is 31.1 Å². The van der Waals surface area contributed by atoms with Gasteiger partial charge in [-0.15, -0.1) is 0 Å². The van der Waals surface area contributed by atoms with Gasteiger partial charge >= 0.3 is 12.2 Å². The quantitative estimate of drug-likeness (QED) is 0.214. The van der Waals surface area contributed by atoms with Gasteiger partial charge in [-0.1, -0.05) is 0 Å². The molecule has 1 aliphatic carbocycles. The van der Waals surface area contributed by atoms with Gasteiger partial charge in [-0.25, -0.2) is 9.59 Å². The fourth-order valence-corrected chi connectivity index (χ4v) is 1.86. The smallest absolute Gasteiger partial charge is 0.409 e. The van der Waals surface area contributed by atoms with Gasteiger partial charge in [-0.3, -0.25) is 20.2 Å². The second-order valence-corrected chi connectivity index (χ2v) is 4.32. The summed E-state index contributed by atoms with van der Waals surface area (Å²) in [6.45, 7) is -1.21. The van der Waals surface area contributed by atoms with E-state index in [0.717, 1.165) is 0 Å². The lowest BCUT2D eigenvalue weighted by Crippen LogP contribution is -2.46. The highest BCUT2D eigenvalue weighted by Gasteiger charge is 2.36. The van der Waals surface area contributed by atoms with Crippen LogP contribution in [0.1, 0.15) is 0 Å². The summed E-state index contributed by atoms with van der Waals surface area (Å²) in [5.74, 6) is -2.01. The van der Waals surface area contributed by atoms with E-state index >= 15 is 0 Å². The first-order chi connectivity index (χ1) is 11.3. The topological polar surface area (TPSA) is 197 Å². The van der Waals surface area contributed by atoms with E-state index in [0.29, 0.717) is 0 Å². The van der Waals surface area contributed by atoms with Crippen molar-refractivity contribution in [3.63, 3.8) is 0 Å². The molecule has 0 unspecified atom stereocenters. The van der Waals surface area contributed by atoms with Crippen LogP contribution in [0, 0.1) is 0 Å². The maximum Gasteiger partial charge on any atom is 0.409 e. The lowest BCUT2D eigenvalue weighted by atomic mass is 9.98. The molecule has 1 aliphatic rings. The minimum atomic E-state index is -1.62. The predicted molar refractivity (Wildman–Crippen MR) is 76.6 cm³/mol. The number of carbonyl (C=O) groups is 4. The summed E-state index contributed by atoms with van der Waals surface area (Å²) in [6, 6.07) is 0. The van der Waals surface area contributed by atoms with E-state index in [-0.39, 0.29) is 13.1 Å². The fourth-order valence-electron chi connectivity index (χ4n) is 1.86. The van der Waals surface area contributed by atoms with Crippen LogP contribution in [-0.4, -0.2) is 70.5 Å². The number of rotatable bonds is 8. The molecule has 0 fully saturated rings. The van der Waals surface area contributed by atoms with E-state index in [1.807, 2.05) is 0 Å². The summed E-state index contributed by atoms with van der Waals surface area (Å²) in [7, 11) is 0. The molecule has 0 aliphatic heterocycles. The summed E-state index contributed by atoms with van der Waals surface area (Å²) in [6.07, 6.45) is -3.24. The van der Waals surface area contributed by atoms with E-state index < -0.39 is 59.8 Å². The molecule has 0 saturated carbocycles. The number of hydrogen-bond donors (Lipinski definition) is 8. The number of ketones is 2. The molecule has 12 heteroatoms. The van der Waals surface area contributed by atoms with Gasteiger partial charge in [-0.2, -0.15) is 0 Å². The molecule has 0 heterocycles. The standard InChI is InChI=1S/C12H16N4O8/c17-3-1-13-5-7(15-11(21)22)10(20)6(14-2-4-18)8(9(5)19)16-12(23)24/h13-18H,1-4H2,(H,21,22)(H,23,24). The van der Waals surface area contributed by atoms with Crippen LogP contribution in [0.4, 0.5) is 9.59 Å². The highest BCUT2D eigenvalue weighted by atomic mass is 16.4. The van der Waals surface area contributed by atoms with Crippen molar-refractivity contribution in [2.75, 3.05) is 26.3 Å². The average Bonchev–Trinajstić information content (AvgIpc) is 2.50. The van der Waals surface area contributed by atoms with Gasteiger partial charge in [0, 0.05) is 13.1 Å². The van der Waals surface area contributed by atoms with Crippen molar-refractivity contribution < 1.29 is 39.6 Å². The Kier molecular flexibility index (Phi) is 6.70. The van der Waals surface area contributed by atoms with Gasteiger partial charge in [0.25, 0.3) is 0 Å². The van der Waals surface area contributed by atoms with Crippen molar-refractivity contribution in [1.82, 2.24) is 21.3 Å². The Hall–Kier alpha value is -3.12. The van der Waals surface area contributed by atoms with Crippen LogP contribution in [0.3, 0.4) is 0 Å². The molecule has 0 aromatic heterocycles. The summed E-state index contributed by atoms with van der Waals surface area (Å²) in [5, 5.41) is 43.6. The molecule has 0 saturated heterocycles. The number of Topliss-reactive ketones (excluding diaryl/α,β-unsaturated/α-hetero) is 2. The largest absolute Gasteiger partial charge is 0.465 e. The molecule has 24 heavy (non-hydrogen) atoms. The van der Waals surface area contributed by atoms with E-state index in [1.165, 1.54) is 0 Å². The van der Waals surface area contributed by atoms with Crippen LogP contribution >= 0.6 is 0 Å². The van der Waals surface area contributed by atoms with Crippen LogP contribution in [0.15, 0.2) is 22.8 Å². The molecule has 12 nitrogen and oxygen atoms in total. The minimum absolute atomic E-state index is 0.182. The van der Waals surface area contributed by atoms with Crippen molar-refractivity contribution in [3.8, 4) is 0 Å². The summed E-state index contributed by atoms with van der Waals surface area (Å²) in [5.41, 5.74) is -2.26. The Morgan fingerprint density at radius 3 is 1.29 bits per heavy atom. The van der Waals surface area contributed by atoms with Gasteiger partial charge in [0.15, 0.2) is 0 Å². The molecule has 0 aromatic carbocycles. The van der Waals surface area contributed by atoms with Crippen molar-refractivity contribution in [3.05, 3.63) is 22.8 Å². The Labute approximate surface area is 134 Å². The molecule has 132 valence electrons. The molecular weight excluding hydrogens is 328 g/mol. The number of carboxylic acid groups (broad SMARTS) is 2. The molecule has 0 aromatic rings. The number of amides is 2. The third kappa shape index (κ3) is 4.44. The van der Waals surface area contributed by atoms with Crippen molar-refractivity contribution >= 4 is 23.8 Å². The number of aliphatic hydroxyl groups excluding tert-OH is 2. The first kappa shape index (κ1) is 18.9. The molecule has 0 radical (unpaired) electrons. The average molecular weight is 344 g/mol. The lowest BCUT2D eigenvalue weighted by molar-refractivity contribution is -0.117. The van der Waals surface area contributed by atoms with Crippen molar-refractivity contribution in [1.29, 1.82) is 0 Å². The summed E-state index contributed by atoms with van der Waals surface area (Å²) < 4.78 is 0. The Morgan fingerprint density at radius 1 is 0.708 bits per heavy atom. The van der Waals surface area contributed by atoms with Gasteiger partial charge in [0.05, 0.1) is 13.2 Å². The predicted octanol–water partition coefficient (Wildman–Crippen LogP) is -2.74. The second-order valence-electron chi connectivity index (χ2n) is 4.32.